The van der Waals surface area contributed by atoms with Gasteiger partial charge >= 0.3 is 5.97 Å². The van der Waals surface area contributed by atoms with Crippen molar-refractivity contribution < 1.29 is 19.1 Å². The highest BCUT2D eigenvalue weighted by molar-refractivity contribution is 8.01. The normalized spacial score (nSPS) is 23.3. The molecule has 0 unspecified atom stereocenters. The Hall–Kier alpha value is -2.61. The Labute approximate surface area is 173 Å². The number of pyridine rings is 1. The Morgan fingerprint density at radius 2 is 2.14 bits per heavy atom. The Morgan fingerprint density at radius 1 is 1.34 bits per heavy atom. The van der Waals surface area contributed by atoms with Crippen molar-refractivity contribution in [3.8, 4) is 5.82 Å². The molecule has 4 rings (SSSR count). The van der Waals surface area contributed by atoms with Gasteiger partial charge in [0.25, 0.3) is 0 Å². The van der Waals surface area contributed by atoms with E-state index in [4.69, 9.17) is 4.74 Å². The minimum absolute atomic E-state index is 0.0234. The van der Waals surface area contributed by atoms with Crippen molar-refractivity contribution in [2.75, 3.05) is 12.4 Å². The first-order valence-corrected chi connectivity index (χ1v) is 10.6. The number of ketones is 1. The Kier molecular flexibility index (Phi) is 4.98. The fourth-order valence-corrected chi connectivity index (χ4v) is 5.61. The molecule has 0 saturated carbocycles. The SMILES string of the molecule is Cc1cc(C(=O)COC(=O)[C@H]2CS[C@]3(C)CCC(=O)N23)c(C)n1-c1ccccn1. The predicted molar refractivity (Wildman–Crippen MR) is 109 cm³/mol. The maximum absolute atomic E-state index is 12.7. The van der Waals surface area contributed by atoms with Gasteiger partial charge in [-0.05, 0) is 45.4 Å². The van der Waals surface area contributed by atoms with Gasteiger partial charge in [0, 0.05) is 35.3 Å². The highest BCUT2D eigenvalue weighted by atomic mass is 32.2. The van der Waals surface area contributed by atoms with E-state index in [9.17, 15) is 14.4 Å². The first-order valence-electron chi connectivity index (χ1n) is 9.58. The van der Waals surface area contributed by atoms with E-state index >= 15 is 0 Å². The number of carbonyl (C=O) groups is 3. The van der Waals surface area contributed by atoms with Crippen LogP contribution in [0.2, 0.25) is 0 Å². The van der Waals surface area contributed by atoms with Crippen LogP contribution in [0.1, 0.15) is 41.5 Å². The van der Waals surface area contributed by atoms with Crippen molar-refractivity contribution in [3.63, 3.8) is 0 Å². The Morgan fingerprint density at radius 3 is 2.86 bits per heavy atom. The van der Waals surface area contributed by atoms with E-state index in [1.165, 1.54) is 0 Å². The molecule has 7 nitrogen and oxygen atoms in total. The van der Waals surface area contributed by atoms with Gasteiger partial charge in [-0.25, -0.2) is 9.78 Å². The molecule has 2 fully saturated rings. The van der Waals surface area contributed by atoms with E-state index < -0.39 is 12.0 Å². The first kappa shape index (κ1) is 19.7. The molecule has 2 aromatic rings. The summed E-state index contributed by atoms with van der Waals surface area (Å²) >= 11 is 1.60. The summed E-state index contributed by atoms with van der Waals surface area (Å²) in [7, 11) is 0. The Balaban J connectivity index is 1.46. The quantitative estimate of drug-likeness (QED) is 0.554. The van der Waals surface area contributed by atoms with Crippen LogP contribution in [0.4, 0.5) is 0 Å². The fourth-order valence-electron chi connectivity index (χ4n) is 4.19. The second kappa shape index (κ2) is 7.33. The van der Waals surface area contributed by atoms with Gasteiger partial charge in [-0.3, -0.25) is 9.59 Å². The minimum Gasteiger partial charge on any atom is -0.456 e. The molecule has 2 atom stereocenters. The molecular weight excluding hydrogens is 390 g/mol. The van der Waals surface area contributed by atoms with Crippen LogP contribution in [0.15, 0.2) is 30.5 Å². The number of hydrogen-bond acceptors (Lipinski definition) is 6. The summed E-state index contributed by atoms with van der Waals surface area (Å²) in [5.74, 6) is 0.430. The maximum atomic E-state index is 12.7. The van der Waals surface area contributed by atoms with Crippen LogP contribution in [0, 0.1) is 13.8 Å². The standard InChI is InChI=1S/C21H23N3O4S/c1-13-10-15(14(2)23(13)18-6-4-5-9-22-18)17(25)11-28-20(27)16-12-29-21(3)8-7-19(26)24(16)21/h4-6,9-10,16H,7-8,11-12H2,1-3H3/t16-,21-/m1/s1. The number of hydrogen-bond donors (Lipinski definition) is 0. The van der Waals surface area contributed by atoms with E-state index in [0.29, 0.717) is 17.7 Å². The van der Waals surface area contributed by atoms with Crippen LogP contribution in [-0.4, -0.2) is 55.4 Å². The second-order valence-electron chi connectivity index (χ2n) is 7.60. The average Bonchev–Trinajstić information content (AvgIpc) is 3.31. The van der Waals surface area contributed by atoms with Gasteiger partial charge in [-0.1, -0.05) is 6.07 Å². The molecular formula is C21H23N3O4S. The topological polar surface area (TPSA) is 81.5 Å². The van der Waals surface area contributed by atoms with Crippen LogP contribution in [-0.2, 0) is 14.3 Å². The number of carbonyl (C=O) groups excluding carboxylic acids is 3. The molecule has 8 heteroatoms. The molecule has 1 amide bonds. The molecule has 0 aromatic carbocycles. The molecule has 29 heavy (non-hydrogen) atoms. The number of nitrogens with zero attached hydrogens (tertiary/aromatic N) is 3. The molecule has 4 heterocycles. The van der Waals surface area contributed by atoms with Crippen molar-refractivity contribution in [1.29, 1.82) is 0 Å². The van der Waals surface area contributed by atoms with Gasteiger partial charge in [0.2, 0.25) is 11.7 Å². The average molecular weight is 413 g/mol. The van der Waals surface area contributed by atoms with Crippen LogP contribution < -0.4 is 0 Å². The van der Waals surface area contributed by atoms with Crippen LogP contribution in [0.5, 0.6) is 0 Å². The lowest BCUT2D eigenvalue weighted by Gasteiger charge is -2.29. The number of amides is 1. The summed E-state index contributed by atoms with van der Waals surface area (Å²) in [6, 6.07) is 6.76. The monoisotopic (exact) mass is 413 g/mol. The Bertz CT molecular complexity index is 987. The zero-order chi connectivity index (χ0) is 20.8. The fraction of sp³-hybridized carbons (Fsp3) is 0.429. The highest BCUT2D eigenvalue weighted by Gasteiger charge is 2.53. The number of ether oxygens (including phenoxy) is 1. The molecule has 2 aliphatic heterocycles. The lowest BCUT2D eigenvalue weighted by atomic mass is 10.1. The number of Topliss-reactive ketones (excluding diaryl/α,β-unsaturated/α-hetero) is 1. The van der Waals surface area contributed by atoms with Crippen molar-refractivity contribution >= 4 is 29.4 Å². The number of aromatic nitrogens is 2. The molecule has 152 valence electrons. The van der Waals surface area contributed by atoms with Gasteiger partial charge in [0.05, 0.1) is 4.87 Å². The van der Waals surface area contributed by atoms with Crippen molar-refractivity contribution in [3.05, 3.63) is 47.4 Å². The van der Waals surface area contributed by atoms with Crippen molar-refractivity contribution in [2.24, 2.45) is 0 Å². The van der Waals surface area contributed by atoms with E-state index in [1.54, 1.807) is 28.9 Å². The number of fused-ring (bicyclic) bond motifs is 1. The lowest BCUT2D eigenvalue weighted by molar-refractivity contribution is -0.152. The van der Waals surface area contributed by atoms with Gasteiger partial charge in [0.1, 0.15) is 11.9 Å². The lowest BCUT2D eigenvalue weighted by Crippen LogP contribution is -2.46. The molecule has 2 aliphatic rings. The largest absolute Gasteiger partial charge is 0.456 e. The van der Waals surface area contributed by atoms with Gasteiger partial charge in [-0.15, -0.1) is 11.8 Å². The van der Waals surface area contributed by atoms with Crippen LogP contribution >= 0.6 is 11.8 Å². The number of esters is 1. The summed E-state index contributed by atoms with van der Waals surface area (Å²) in [6.45, 7) is 5.39. The first-order chi connectivity index (χ1) is 13.8. The third-order valence-corrected chi connectivity index (χ3v) is 7.18. The second-order valence-corrected chi connectivity index (χ2v) is 9.11. The van der Waals surface area contributed by atoms with E-state index in [-0.39, 0.29) is 23.2 Å². The van der Waals surface area contributed by atoms with Crippen LogP contribution in [0.25, 0.3) is 5.82 Å². The molecule has 2 saturated heterocycles. The summed E-state index contributed by atoms with van der Waals surface area (Å²) in [5.41, 5.74) is 2.13. The molecule has 0 spiro atoms. The zero-order valence-electron chi connectivity index (χ0n) is 16.7. The maximum Gasteiger partial charge on any atom is 0.330 e. The van der Waals surface area contributed by atoms with Gasteiger partial charge in [-0.2, -0.15) is 0 Å². The van der Waals surface area contributed by atoms with E-state index in [0.717, 1.165) is 23.6 Å². The van der Waals surface area contributed by atoms with Crippen molar-refractivity contribution in [1.82, 2.24) is 14.5 Å². The number of aryl methyl sites for hydroxylation is 1. The van der Waals surface area contributed by atoms with E-state index in [1.807, 2.05) is 43.5 Å². The summed E-state index contributed by atoms with van der Waals surface area (Å²) < 4.78 is 7.23. The van der Waals surface area contributed by atoms with E-state index in [2.05, 4.69) is 4.98 Å². The molecule has 0 bridgehead atoms. The number of thioether (sulfide) groups is 1. The third kappa shape index (κ3) is 3.35. The van der Waals surface area contributed by atoms with Crippen LogP contribution in [0.3, 0.4) is 0 Å². The number of rotatable bonds is 5. The highest BCUT2D eigenvalue weighted by Crippen LogP contribution is 2.47. The molecule has 0 aliphatic carbocycles. The summed E-state index contributed by atoms with van der Waals surface area (Å²) in [6.07, 6.45) is 2.88. The third-order valence-electron chi connectivity index (χ3n) is 5.67. The molecule has 0 radical (unpaired) electrons. The smallest absolute Gasteiger partial charge is 0.330 e. The minimum atomic E-state index is -0.617. The molecule has 2 aromatic heterocycles. The summed E-state index contributed by atoms with van der Waals surface area (Å²) in [4.78, 5) is 43.2. The predicted octanol–water partition coefficient (Wildman–Crippen LogP) is 2.67. The van der Waals surface area contributed by atoms with Crippen molar-refractivity contribution in [2.45, 2.75) is 44.5 Å². The summed E-state index contributed by atoms with van der Waals surface area (Å²) in [5, 5.41) is 0. The van der Waals surface area contributed by atoms with Gasteiger partial charge in [0.15, 0.2) is 6.61 Å². The zero-order valence-corrected chi connectivity index (χ0v) is 17.5. The van der Waals surface area contributed by atoms with Gasteiger partial charge < -0.3 is 14.2 Å². The molecule has 0 N–H and O–H groups in total.